The molecule has 1 nitrogen and oxygen atoms in total. The number of carbonyl (C=O) groups excluding carboxylic acids is 1. The second kappa shape index (κ2) is 6.27. The molecule has 0 aromatic carbocycles. The normalized spacial score (nSPS) is 9.50. The highest BCUT2D eigenvalue weighted by Crippen LogP contribution is 2.10. The predicted molar refractivity (Wildman–Crippen MR) is 54.0 cm³/mol. The first-order chi connectivity index (χ1) is 5.63. The molecule has 0 amide bonds. The van der Waals surface area contributed by atoms with Gasteiger partial charge in [-0.3, -0.25) is 4.79 Å². The van der Waals surface area contributed by atoms with Crippen LogP contribution in [0.2, 0.25) is 0 Å². The van der Waals surface area contributed by atoms with Crippen molar-refractivity contribution in [3.63, 3.8) is 0 Å². The van der Waals surface area contributed by atoms with Crippen LogP contribution in [0.15, 0.2) is 24.3 Å². The minimum absolute atomic E-state index is 0.101. The molecule has 0 aliphatic heterocycles. The van der Waals surface area contributed by atoms with Crippen LogP contribution >= 0.6 is 23.2 Å². The molecule has 0 N–H and O–H groups in total. The van der Waals surface area contributed by atoms with E-state index in [-0.39, 0.29) is 5.78 Å². The molecule has 3 heteroatoms. The smallest absolute Gasteiger partial charge is 0.183 e. The maximum Gasteiger partial charge on any atom is 0.183 e. The van der Waals surface area contributed by atoms with Gasteiger partial charge in [0.15, 0.2) is 5.78 Å². The van der Waals surface area contributed by atoms with E-state index in [0.717, 1.165) is 0 Å². The number of allylic oxidation sites excluding steroid dienone is 2. The molecule has 0 rings (SSSR count). The maximum absolute atomic E-state index is 11.3. The van der Waals surface area contributed by atoms with Crippen molar-refractivity contribution >= 4 is 29.0 Å². The number of rotatable bonds is 6. The molecule has 0 spiro atoms. The summed E-state index contributed by atoms with van der Waals surface area (Å²) in [5.74, 6) is 0.730. The average molecular weight is 207 g/mol. The van der Waals surface area contributed by atoms with Crippen LogP contribution in [0.1, 0.15) is 12.8 Å². The summed E-state index contributed by atoms with van der Waals surface area (Å²) in [5, 5.41) is 0. The molecule has 0 aliphatic carbocycles. The fourth-order valence-electron chi connectivity index (χ4n) is 0.705. The highest BCUT2D eigenvalue weighted by atomic mass is 35.5. The van der Waals surface area contributed by atoms with Gasteiger partial charge in [0.1, 0.15) is 0 Å². The molecule has 0 heterocycles. The summed E-state index contributed by atoms with van der Waals surface area (Å²) in [4.78, 5) is 11.3. The van der Waals surface area contributed by atoms with Crippen LogP contribution in [0, 0.1) is 0 Å². The Morgan fingerprint density at radius 1 is 1.00 bits per heavy atom. The maximum atomic E-state index is 11.3. The van der Waals surface area contributed by atoms with E-state index in [1.165, 1.54) is 0 Å². The molecule has 0 fully saturated rings. The van der Waals surface area contributed by atoms with E-state index in [1.54, 1.807) is 0 Å². The van der Waals surface area contributed by atoms with Crippen LogP contribution in [0.5, 0.6) is 0 Å². The minimum atomic E-state index is -0.101. The molecule has 12 heavy (non-hydrogen) atoms. The lowest BCUT2D eigenvalue weighted by Crippen LogP contribution is -2.05. The third-order valence-electron chi connectivity index (χ3n) is 1.43. The van der Waals surface area contributed by atoms with Gasteiger partial charge >= 0.3 is 0 Å². The topological polar surface area (TPSA) is 17.1 Å². The standard InChI is InChI=1S/C9H12Cl2O/c1-7(3-5-10)9(12)8(2)4-6-11/h1-6H2. The molecule has 0 aromatic heterocycles. The fraction of sp³-hybridized carbons (Fsp3) is 0.444. The highest BCUT2D eigenvalue weighted by molar-refractivity contribution is 6.19. The Morgan fingerprint density at radius 3 is 1.58 bits per heavy atom. The molecule has 0 aliphatic rings. The number of carbonyl (C=O) groups is 1. The molecule has 0 saturated carbocycles. The molecule has 0 radical (unpaired) electrons. The van der Waals surface area contributed by atoms with Crippen molar-refractivity contribution in [2.24, 2.45) is 0 Å². The summed E-state index contributed by atoms with van der Waals surface area (Å²) in [5.41, 5.74) is 1.03. The summed E-state index contributed by atoms with van der Waals surface area (Å²) in [7, 11) is 0. The van der Waals surface area contributed by atoms with Gasteiger partial charge in [0.05, 0.1) is 0 Å². The van der Waals surface area contributed by atoms with Gasteiger partial charge in [-0.05, 0) is 24.0 Å². The summed E-state index contributed by atoms with van der Waals surface area (Å²) in [6.07, 6.45) is 1.03. The van der Waals surface area contributed by atoms with Gasteiger partial charge in [0.25, 0.3) is 0 Å². The number of hydrogen-bond acceptors (Lipinski definition) is 1. The van der Waals surface area contributed by atoms with Crippen molar-refractivity contribution in [2.75, 3.05) is 11.8 Å². The van der Waals surface area contributed by atoms with E-state index >= 15 is 0 Å². The lowest BCUT2D eigenvalue weighted by Gasteiger charge is -2.03. The van der Waals surface area contributed by atoms with E-state index in [1.807, 2.05) is 0 Å². The lowest BCUT2D eigenvalue weighted by atomic mass is 10.0. The van der Waals surface area contributed by atoms with Crippen LogP contribution in [-0.4, -0.2) is 17.5 Å². The molecule has 0 unspecified atom stereocenters. The van der Waals surface area contributed by atoms with E-state index in [4.69, 9.17) is 23.2 Å². The summed E-state index contributed by atoms with van der Waals surface area (Å²) in [6.45, 7) is 7.22. The molecule has 68 valence electrons. The fourth-order valence-corrected chi connectivity index (χ4v) is 1.16. The number of hydrogen-bond donors (Lipinski definition) is 0. The Morgan fingerprint density at radius 2 is 1.33 bits per heavy atom. The molecule has 0 aromatic rings. The third kappa shape index (κ3) is 3.93. The monoisotopic (exact) mass is 206 g/mol. The van der Waals surface area contributed by atoms with E-state index in [0.29, 0.717) is 35.7 Å². The Bertz CT molecular complexity index is 177. The summed E-state index contributed by atoms with van der Waals surface area (Å²) >= 11 is 10.9. The van der Waals surface area contributed by atoms with Crippen LogP contribution < -0.4 is 0 Å². The Balaban J connectivity index is 4.01. The second-order valence-corrected chi connectivity index (χ2v) is 3.17. The van der Waals surface area contributed by atoms with Crippen molar-refractivity contribution in [1.82, 2.24) is 0 Å². The number of Topliss-reactive ketones (excluding diaryl/α,β-unsaturated/α-hetero) is 1. The number of halogens is 2. The van der Waals surface area contributed by atoms with Crippen LogP contribution in [0.25, 0.3) is 0 Å². The minimum Gasteiger partial charge on any atom is -0.289 e. The zero-order valence-electron chi connectivity index (χ0n) is 6.91. The zero-order valence-corrected chi connectivity index (χ0v) is 8.42. The van der Waals surface area contributed by atoms with Gasteiger partial charge in [-0.25, -0.2) is 0 Å². The molecule has 0 bridgehead atoms. The molecule has 0 atom stereocenters. The summed E-state index contributed by atoms with van der Waals surface area (Å²) < 4.78 is 0. The van der Waals surface area contributed by atoms with E-state index < -0.39 is 0 Å². The van der Waals surface area contributed by atoms with E-state index in [9.17, 15) is 4.79 Å². The Labute approximate surface area is 83.0 Å². The van der Waals surface area contributed by atoms with Crippen molar-refractivity contribution < 1.29 is 4.79 Å². The van der Waals surface area contributed by atoms with E-state index in [2.05, 4.69) is 13.2 Å². The van der Waals surface area contributed by atoms with Gasteiger partial charge in [-0.1, -0.05) is 13.2 Å². The zero-order chi connectivity index (χ0) is 9.56. The van der Waals surface area contributed by atoms with Crippen molar-refractivity contribution in [1.29, 1.82) is 0 Å². The van der Waals surface area contributed by atoms with Crippen LogP contribution in [-0.2, 0) is 4.79 Å². The first-order valence-corrected chi connectivity index (χ1v) is 4.72. The molecule has 0 saturated heterocycles. The first kappa shape index (κ1) is 11.7. The van der Waals surface area contributed by atoms with Crippen molar-refractivity contribution in [3.05, 3.63) is 24.3 Å². The highest BCUT2D eigenvalue weighted by Gasteiger charge is 2.09. The Kier molecular flexibility index (Phi) is 6.13. The van der Waals surface area contributed by atoms with Gasteiger partial charge in [-0.15, -0.1) is 23.2 Å². The quantitative estimate of drug-likeness (QED) is 0.483. The second-order valence-electron chi connectivity index (χ2n) is 2.41. The predicted octanol–water partition coefficient (Wildman–Crippen LogP) is 2.93. The third-order valence-corrected chi connectivity index (χ3v) is 1.81. The van der Waals surface area contributed by atoms with Crippen molar-refractivity contribution in [3.8, 4) is 0 Å². The van der Waals surface area contributed by atoms with Crippen LogP contribution in [0.3, 0.4) is 0 Å². The van der Waals surface area contributed by atoms with Crippen LogP contribution in [0.4, 0.5) is 0 Å². The largest absolute Gasteiger partial charge is 0.289 e. The van der Waals surface area contributed by atoms with Gasteiger partial charge in [0.2, 0.25) is 0 Å². The first-order valence-electron chi connectivity index (χ1n) is 3.65. The SMILES string of the molecule is C=C(CCCl)C(=O)C(=C)CCCl. The van der Waals surface area contributed by atoms with Gasteiger partial charge in [-0.2, -0.15) is 0 Å². The average Bonchev–Trinajstić information content (AvgIpc) is 2.04. The molecular formula is C9H12Cl2O. The summed E-state index contributed by atoms with van der Waals surface area (Å²) in [6, 6.07) is 0. The number of ketones is 1. The Hall–Kier alpha value is -0.270. The number of alkyl halides is 2. The lowest BCUT2D eigenvalue weighted by molar-refractivity contribution is -0.112. The van der Waals surface area contributed by atoms with Crippen molar-refractivity contribution in [2.45, 2.75) is 12.8 Å². The van der Waals surface area contributed by atoms with Gasteiger partial charge in [0, 0.05) is 11.8 Å². The molecular weight excluding hydrogens is 195 g/mol. The van der Waals surface area contributed by atoms with Gasteiger partial charge < -0.3 is 0 Å².